The zero-order valence-corrected chi connectivity index (χ0v) is 9.80. The second-order valence-corrected chi connectivity index (χ2v) is 4.18. The van der Waals surface area contributed by atoms with E-state index in [1.807, 2.05) is 30.3 Å². The van der Waals surface area contributed by atoms with Crippen molar-refractivity contribution in [1.29, 1.82) is 0 Å². The molecule has 0 aliphatic carbocycles. The van der Waals surface area contributed by atoms with Crippen LogP contribution in [0, 0.1) is 5.82 Å². The van der Waals surface area contributed by atoms with Gasteiger partial charge in [0.1, 0.15) is 5.82 Å². The van der Waals surface area contributed by atoms with Gasteiger partial charge in [-0.05, 0) is 17.7 Å². The first-order chi connectivity index (χ1) is 8.84. The minimum atomic E-state index is -0.322. The second kappa shape index (κ2) is 4.88. The normalized spacial score (nSPS) is 16.1. The fourth-order valence-electron chi connectivity index (χ4n) is 2.10. The summed E-state index contributed by atoms with van der Waals surface area (Å²) in [4.78, 5) is 0. The maximum atomic E-state index is 13.7. The van der Waals surface area contributed by atoms with Crippen molar-refractivity contribution in [3.63, 3.8) is 0 Å². The molecule has 0 saturated carbocycles. The van der Waals surface area contributed by atoms with Crippen molar-refractivity contribution in [3.05, 3.63) is 59.9 Å². The molecule has 1 heterocycles. The summed E-state index contributed by atoms with van der Waals surface area (Å²) in [5.74, 6) is -0.220. The fourth-order valence-corrected chi connectivity index (χ4v) is 2.10. The zero-order valence-electron chi connectivity index (χ0n) is 9.80. The highest BCUT2D eigenvalue weighted by Gasteiger charge is 2.18. The van der Waals surface area contributed by atoms with E-state index in [0.29, 0.717) is 18.8 Å². The first-order valence-electron chi connectivity index (χ1n) is 5.93. The third-order valence-corrected chi connectivity index (χ3v) is 2.97. The van der Waals surface area contributed by atoms with Gasteiger partial charge in [0.2, 0.25) is 0 Å². The van der Waals surface area contributed by atoms with E-state index in [1.165, 1.54) is 6.07 Å². The van der Waals surface area contributed by atoms with Gasteiger partial charge in [-0.3, -0.25) is 0 Å². The fraction of sp³-hybridized carbons (Fsp3) is 0.200. The highest BCUT2D eigenvalue weighted by molar-refractivity contribution is 5.64. The van der Waals surface area contributed by atoms with E-state index in [2.05, 4.69) is 0 Å². The molecule has 0 N–H and O–H groups in total. The summed E-state index contributed by atoms with van der Waals surface area (Å²) in [5, 5.41) is 0. The van der Waals surface area contributed by atoms with Gasteiger partial charge in [0.25, 0.3) is 0 Å². The van der Waals surface area contributed by atoms with Crippen molar-refractivity contribution in [2.45, 2.75) is 6.29 Å². The van der Waals surface area contributed by atoms with E-state index >= 15 is 0 Å². The van der Waals surface area contributed by atoms with Crippen molar-refractivity contribution >= 4 is 0 Å². The number of rotatable bonds is 2. The minimum absolute atomic E-state index is 0.220. The lowest BCUT2D eigenvalue weighted by atomic mass is 10.0. The summed E-state index contributed by atoms with van der Waals surface area (Å²) in [6.45, 7) is 1.21. The van der Waals surface area contributed by atoms with Gasteiger partial charge in [-0.15, -0.1) is 0 Å². The molecule has 1 aliphatic heterocycles. The molecule has 0 bridgehead atoms. The molecule has 2 aromatic carbocycles. The average molecular weight is 244 g/mol. The summed E-state index contributed by atoms with van der Waals surface area (Å²) in [5.41, 5.74) is 2.36. The topological polar surface area (TPSA) is 18.5 Å². The van der Waals surface area contributed by atoms with E-state index in [-0.39, 0.29) is 12.1 Å². The third-order valence-electron chi connectivity index (χ3n) is 2.97. The van der Waals surface area contributed by atoms with Crippen molar-refractivity contribution < 1.29 is 13.9 Å². The quantitative estimate of drug-likeness (QED) is 0.804. The molecule has 3 heteroatoms. The van der Waals surface area contributed by atoms with Crippen molar-refractivity contribution in [2.24, 2.45) is 0 Å². The molecule has 18 heavy (non-hydrogen) atoms. The Bertz CT molecular complexity index is 548. The predicted molar refractivity (Wildman–Crippen MR) is 66.5 cm³/mol. The molecule has 1 fully saturated rings. The molecule has 0 spiro atoms. The molecule has 0 atom stereocenters. The Morgan fingerprint density at radius 3 is 2.50 bits per heavy atom. The van der Waals surface area contributed by atoms with Gasteiger partial charge in [-0.1, -0.05) is 36.4 Å². The van der Waals surface area contributed by atoms with Gasteiger partial charge < -0.3 is 9.47 Å². The van der Waals surface area contributed by atoms with Crippen LogP contribution in [0.2, 0.25) is 0 Å². The lowest BCUT2D eigenvalue weighted by molar-refractivity contribution is -0.0440. The largest absolute Gasteiger partial charge is 0.346 e. The van der Waals surface area contributed by atoms with E-state index in [4.69, 9.17) is 9.47 Å². The molecule has 3 rings (SSSR count). The van der Waals surface area contributed by atoms with Crippen LogP contribution in [0.5, 0.6) is 0 Å². The second-order valence-electron chi connectivity index (χ2n) is 4.18. The molecule has 1 aliphatic rings. The number of hydrogen-bond acceptors (Lipinski definition) is 2. The maximum absolute atomic E-state index is 13.7. The van der Waals surface area contributed by atoms with E-state index in [9.17, 15) is 4.39 Å². The van der Waals surface area contributed by atoms with Crippen LogP contribution in [0.1, 0.15) is 11.9 Å². The monoisotopic (exact) mass is 244 g/mol. The van der Waals surface area contributed by atoms with Crippen LogP contribution in [0.15, 0.2) is 48.5 Å². The van der Waals surface area contributed by atoms with Crippen LogP contribution in [0.4, 0.5) is 4.39 Å². The SMILES string of the molecule is Fc1ccccc1-c1cccc(C2OCCO2)c1. The Morgan fingerprint density at radius 1 is 0.944 bits per heavy atom. The van der Waals surface area contributed by atoms with E-state index in [1.54, 1.807) is 12.1 Å². The first kappa shape index (κ1) is 11.4. The highest BCUT2D eigenvalue weighted by Crippen LogP contribution is 2.28. The van der Waals surface area contributed by atoms with Crippen LogP contribution in [0.3, 0.4) is 0 Å². The van der Waals surface area contributed by atoms with Gasteiger partial charge in [0.05, 0.1) is 13.2 Å². The molecular weight excluding hydrogens is 231 g/mol. The summed E-state index contributed by atoms with van der Waals surface area (Å²) >= 11 is 0. The lowest BCUT2D eigenvalue weighted by Crippen LogP contribution is -1.98. The van der Waals surface area contributed by atoms with Gasteiger partial charge in [-0.25, -0.2) is 4.39 Å². The van der Waals surface area contributed by atoms with Crippen LogP contribution in [0.25, 0.3) is 11.1 Å². The van der Waals surface area contributed by atoms with Crippen molar-refractivity contribution in [1.82, 2.24) is 0 Å². The molecule has 0 aromatic heterocycles. The Morgan fingerprint density at radius 2 is 1.72 bits per heavy atom. The molecule has 0 radical (unpaired) electrons. The Labute approximate surface area is 105 Å². The third kappa shape index (κ3) is 2.15. The van der Waals surface area contributed by atoms with Gasteiger partial charge in [-0.2, -0.15) is 0 Å². The number of benzene rings is 2. The molecule has 1 saturated heterocycles. The van der Waals surface area contributed by atoms with E-state index < -0.39 is 0 Å². The molecule has 2 aromatic rings. The number of ether oxygens (including phenoxy) is 2. The smallest absolute Gasteiger partial charge is 0.184 e. The Balaban J connectivity index is 1.98. The summed E-state index contributed by atoms with van der Waals surface area (Å²) in [6, 6.07) is 14.4. The standard InChI is InChI=1S/C15H13FO2/c16-14-7-2-1-6-13(14)11-4-3-5-12(10-11)15-17-8-9-18-15/h1-7,10,15H,8-9H2. The van der Waals surface area contributed by atoms with Crippen molar-refractivity contribution in [2.75, 3.05) is 13.2 Å². The van der Waals surface area contributed by atoms with Crippen LogP contribution in [-0.2, 0) is 9.47 Å². The molecule has 0 unspecified atom stereocenters. The molecule has 0 amide bonds. The van der Waals surface area contributed by atoms with E-state index in [0.717, 1.165) is 11.1 Å². The summed E-state index contributed by atoms with van der Waals surface area (Å²) < 4.78 is 24.6. The van der Waals surface area contributed by atoms with Crippen LogP contribution >= 0.6 is 0 Å². The lowest BCUT2D eigenvalue weighted by Gasteiger charge is -2.11. The first-order valence-corrected chi connectivity index (χ1v) is 5.93. The Kier molecular flexibility index (Phi) is 3.09. The van der Waals surface area contributed by atoms with Gasteiger partial charge >= 0.3 is 0 Å². The van der Waals surface area contributed by atoms with Crippen molar-refractivity contribution in [3.8, 4) is 11.1 Å². The zero-order chi connectivity index (χ0) is 12.4. The van der Waals surface area contributed by atoms with Gasteiger partial charge in [0.15, 0.2) is 6.29 Å². The Hall–Kier alpha value is -1.71. The minimum Gasteiger partial charge on any atom is -0.346 e. The number of halogens is 1. The average Bonchev–Trinajstić information content (AvgIpc) is 2.93. The van der Waals surface area contributed by atoms with Crippen LogP contribution in [-0.4, -0.2) is 13.2 Å². The maximum Gasteiger partial charge on any atom is 0.184 e. The molecular formula is C15H13FO2. The van der Waals surface area contributed by atoms with Crippen LogP contribution < -0.4 is 0 Å². The predicted octanol–water partition coefficient (Wildman–Crippen LogP) is 3.54. The molecule has 2 nitrogen and oxygen atoms in total. The van der Waals surface area contributed by atoms with Gasteiger partial charge in [0, 0.05) is 11.1 Å². The molecule has 92 valence electrons. The highest BCUT2D eigenvalue weighted by atomic mass is 19.1. The summed E-state index contributed by atoms with van der Waals surface area (Å²) in [7, 11) is 0. The summed E-state index contributed by atoms with van der Waals surface area (Å²) in [6.07, 6.45) is -0.322. The number of hydrogen-bond donors (Lipinski definition) is 0.